The van der Waals surface area contributed by atoms with Crippen LogP contribution in [0, 0.1) is 0 Å². The third kappa shape index (κ3) is 5.09. The largest absolute Gasteiger partial charge is 0.372 e. The summed E-state index contributed by atoms with van der Waals surface area (Å²) in [5.74, 6) is 0. The van der Waals surface area contributed by atoms with Crippen LogP contribution in [0.1, 0.15) is 19.4 Å². The molecule has 1 aromatic carbocycles. The van der Waals surface area contributed by atoms with Crippen LogP contribution in [0.15, 0.2) is 48.8 Å². The molecule has 0 saturated carbocycles. The Hall–Kier alpha value is -2.64. The van der Waals surface area contributed by atoms with E-state index in [0.717, 1.165) is 57.2 Å². The van der Waals surface area contributed by atoms with Gasteiger partial charge in [0.25, 0.3) is 0 Å². The van der Waals surface area contributed by atoms with E-state index in [1.807, 2.05) is 47.6 Å². The Balaban J connectivity index is 1.35. The van der Waals surface area contributed by atoms with E-state index in [4.69, 9.17) is 4.74 Å². The first-order chi connectivity index (χ1) is 14.6. The standard InChI is InChI=1S/C23H31N5O2/c1-18-15-28(16-19(2)30-18)22-6-4-3-5-21(22)25-23(29)27-13-11-26(12-14-27)17-20-7-9-24-10-8-20/h3-10,18-19H,11-17H2,1-2H3,(H,25,29). The minimum atomic E-state index is -0.0274. The number of carbonyl (C=O) groups excluding carboxylic acids is 1. The van der Waals surface area contributed by atoms with Gasteiger partial charge in [-0.25, -0.2) is 4.79 Å². The van der Waals surface area contributed by atoms with E-state index in [-0.39, 0.29) is 18.2 Å². The Kier molecular flexibility index (Phi) is 6.50. The van der Waals surface area contributed by atoms with Gasteiger partial charge in [-0.15, -0.1) is 0 Å². The summed E-state index contributed by atoms with van der Waals surface area (Å²) in [6.07, 6.45) is 4.00. The number of anilines is 2. The third-order valence-corrected chi connectivity index (χ3v) is 5.72. The SMILES string of the molecule is CC1CN(c2ccccc2NC(=O)N2CCN(Cc3ccncc3)CC2)CC(C)O1. The number of pyridine rings is 1. The van der Waals surface area contributed by atoms with Crippen molar-refractivity contribution in [2.45, 2.75) is 32.6 Å². The number of para-hydroxylation sites is 2. The number of rotatable bonds is 4. The molecule has 1 N–H and O–H groups in total. The number of piperazine rings is 1. The molecule has 2 fully saturated rings. The first-order valence-electron chi connectivity index (χ1n) is 10.7. The zero-order chi connectivity index (χ0) is 20.9. The second kappa shape index (κ2) is 9.45. The maximum atomic E-state index is 12.9. The maximum absolute atomic E-state index is 12.9. The fraction of sp³-hybridized carbons (Fsp3) is 0.478. The molecular formula is C23H31N5O2. The molecule has 2 unspecified atom stereocenters. The Morgan fingerprint density at radius 1 is 1.03 bits per heavy atom. The number of ether oxygens (including phenoxy) is 1. The van der Waals surface area contributed by atoms with Gasteiger partial charge in [-0.3, -0.25) is 9.88 Å². The number of amides is 2. The van der Waals surface area contributed by atoms with Crippen LogP contribution in [-0.2, 0) is 11.3 Å². The second-order valence-electron chi connectivity index (χ2n) is 8.23. The summed E-state index contributed by atoms with van der Waals surface area (Å²) in [5, 5.41) is 3.15. The first-order valence-corrected chi connectivity index (χ1v) is 10.7. The molecular weight excluding hydrogens is 378 g/mol. The number of carbonyl (C=O) groups is 1. The number of hydrogen-bond acceptors (Lipinski definition) is 5. The molecule has 0 radical (unpaired) electrons. The zero-order valence-corrected chi connectivity index (χ0v) is 17.8. The lowest BCUT2D eigenvalue weighted by atomic mass is 10.1. The molecule has 30 heavy (non-hydrogen) atoms. The molecule has 7 nitrogen and oxygen atoms in total. The molecule has 2 aliphatic rings. The molecule has 2 amide bonds. The van der Waals surface area contributed by atoms with Crippen molar-refractivity contribution in [3.63, 3.8) is 0 Å². The lowest BCUT2D eigenvalue weighted by Crippen LogP contribution is -2.50. The van der Waals surface area contributed by atoms with E-state index in [0.29, 0.717) is 0 Å². The van der Waals surface area contributed by atoms with Crippen LogP contribution in [0.25, 0.3) is 0 Å². The zero-order valence-electron chi connectivity index (χ0n) is 17.8. The second-order valence-corrected chi connectivity index (χ2v) is 8.23. The van der Waals surface area contributed by atoms with Crippen LogP contribution in [0.4, 0.5) is 16.2 Å². The van der Waals surface area contributed by atoms with E-state index in [9.17, 15) is 4.79 Å². The van der Waals surface area contributed by atoms with Gasteiger partial charge in [0.05, 0.1) is 23.6 Å². The van der Waals surface area contributed by atoms with Crippen molar-refractivity contribution in [2.24, 2.45) is 0 Å². The Labute approximate surface area is 178 Å². The van der Waals surface area contributed by atoms with Gasteiger partial charge in [0, 0.05) is 58.2 Å². The van der Waals surface area contributed by atoms with Crippen LogP contribution < -0.4 is 10.2 Å². The molecule has 4 rings (SSSR count). The van der Waals surface area contributed by atoms with Gasteiger partial charge in [0.2, 0.25) is 0 Å². The highest BCUT2D eigenvalue weighted by Crippen LogP contribution is 2.28. The first kappa shape index (κ1) is 20.6. The fourth-order valence-electron chi connectivity index (χ4n) is 4.28. The van der Waals surface area contributed by atoms with E-state index < -0.39 is 0 Å². The lowest BCUT2D eigenvalue weighted by molar-refractivity contribution is -0.00517. The third-order valence-electron chi connectivity index (χ3n) is 5.72. The van der Waals surface area contributed by atoms with Crippen molar-refractivity contribution in [3.05, 3.63) is 54.4 Å². The van der Waals surface area contributed by atoms with Crippen LogP contribution >= 0.6 is 0 Å². The summed E-state index contributed by atoms with van der Waals surface area (Å²) >= 11 is 0. The molecule has 1 aromatic heterocycles. The average molecular weight is 410 g/mol. The van der Waals surface area contributed by atoms with Crippen molar-refractivity contribution in [1.82, 2.24) is 14.8 Å². The normalized spacial score (nSPS) is 22.7. The average Bonchev–Trinajstić information content (AvgIpc) is 2.75. The summed E-state index contributed by atoms with van der Waals surface area (Å²) in [5.41, 5.74) is 3.18. The molecule has 0 spiro atoms. The highest BCUT2D eigenvalue weighted by atomic mass is 16.5. The van der Waals surface area contributed by atoms with Gasteiger partial charge in [0.1, 0.15) is 0 Å². The summed E-state index contributed by atoms with van der Waals surface area (Å²) < 4.78 is 5.86. The molecule has 2 saturated heterocycles. The van der Waals surface area contributed by atoms with Gasteiger partial charge >= 0.3 is 6.03 Å². The van der Waals surface area contributed by atoms with Crippen molar-refractivity contribution < 1.29 is 9.53 Å². The number of aromatic nitrogens is 1. The molecule has 3 heterocycles. The highest BCUT2D eigenvalue weighted by molar-refractivity contribution is 5.93. The fourth-order valence-corrected chi connectivity index (χ4v) is 4.28. The minimum Gasteiger partial charge on any atom is -0.372 e. The van der Waals surface area contributed by atoms with Gasteiger partial charge in [-0.05, 0) is 43.7 Å². The van der Waals surface area contributed by atoms with E-state index in [2.05, 4.69) is 40.0 Å². The number of morpholine rings is 1. The van der Waals surface area contributed by atoms with Crippen molar-refractivity contribution in [2.75, 3.05) is 49.5 Å². The molecule has 2 aromatic rings. The Morgan fingerprint density at radius 3 is 2.40 bits per heavy atom. The van der Waals surface area contributed by atoms with Gasteiger partial charge in [0.15, 0.2) is 0 Å². The van der Waals surface area contributed by atoms with E-state index in [1.54, 1.807) is 0 Å². The Morgan fingerprint density at radius 2 is 1.70 bits per heavy atom. The molecule has 0 aliphatic carbocycles. The number of hydrogen-bond donors (Lipinski definition) is 1. The smallest absolute Gasteiger partial charge is 0.321 e. The van der Waals surface area contributed by atoms with Crippen molar-refractivity contribution in [1.29, 1.82) is 0 Å². The van der Waals surface area contributed by atoms with Crippen molar-refractivity contribution >= 4 is 17.4 Å². The molecule has 2 aliphatic heterocycles. The molecule has 0 bridgehead atoms. The monoisotopic (exact) mass is 409 g/mol. The summed E-state index contributed by atoms with van der Waals surface area (Å²) in [7, 11) is 0. The van der Waals surface area contributed by atoms with E-state index in [1.165, 1.54) is 5.56 Å². The van der Waals surface area contributed by atoms with E-state index >= 15 is 0 Å². The van der Waals surface area contributed by atoms with Crippen LogP contribution in [0.2, 0.25) is 0 Å². The maximum Gasteiger partial charge on any atom is 0.321 e. The van der Waals surface area contributed by atoms with Gasteiger partial charge < -0.3 is 19.9 Å². The summed E-state index contributed by atoms with van der Waals surface area (Å²) in [6.45, 7) is 9.93. The summed E-state index contributed by atoms with van der Waals surface area (Å²) in [6, 6.07) is 12.1. The number of nitrogens with one attached hydrogen (secondary N) is 1. The summed E-state index contributed by atoms with van der Waals surface area (Å²) in [4.78, 5) is 23.6. The van der Waals surface area contributed by atoms with Gasteiger partial charge in [-0.2, -0.15) is 0 Å². The molecule has 160 valence electrons. The molecule has 2 atom stereocenters. The number of nitrogens with zero attached hydrogens (tertiary/aromatic N) is 4. The topological polar surface area (TPSA) is 60.9 Å². The quantitative estimate of drug-likeness (QED) is 0.841. The van der Waals surface area contributed by atoms with Crippen LogP contribution in [-0.4, -0.2) is 72.3 Å². The number of urea groups is 1. The van der Waals surface area contributed by atoms with Crippen LogP contribution in [0.3, 0.4) is 0 Å². The molecule has 7 heteroatoms. The number of benzene rings is 1. The lowest BCUT2D eigenvalue weighted by Gasteiger charge is -2.38. The van der Waals surface area contributed by atoms with Crippen molar-refractivity contribution in [3.8, 4) is 0 Å². The van der Waals surface area contributed by atoms with Gasteiger partial charge in [-0.1, -0.05) is 12.1 Å². The van der Waals surface area contributed by atoms with Crippen LogP contribution in [0.5, 0.6) is 0 Å². The highest BCUT2D eigenvalue weighted by Gasteiger charge is 2.26. The predicted molar refractivity (Wildman–Crippen MR) is 119 cm³/mol. The minimum absolute atomic E-state index is 0.0274. The predicted octanol–water partition coefficient (Wildman–Crippen LogP) is 3.04. The Bertz CT molecular complexity index is 828.